The first kappa shape index (κ1) is 14.7. The largest absolute Gasteiger partial charge is 0.381 e. The van der Waals surface area contributed by atoms with Crippen LogP contribution < -0.4 is 11.1 Å². The van der Waals surface area contributed by atoms with E-state index in [2.05, 4.69) is 10.3 Å². The third-order valence-corrected chi connectivity index (χ3v) is 5.02. The molecule has 2 atom stereocenters. The first-order valence-electron chi connectivity index (χ1n) is 7.41. The van der Waals surface area contributed by atoms with E-state index in [-0.39, 0.29) is 11.9 Å². The summed E-state index contributed by atoms with van der Waals surface area (Å²) >= 11 is 1.29. The normalized spacial score (nSPS) is 27.4. The number of nitrogens with one attached hydrogen (secondary N) is 1. The van der Waals surface area contributed by atoms with Crippen LogP contribution in [0.2, 0.25) is 0 Å². The first-order valence-corrected chi connectivity index (χ1v) is 8.29. The monoisotopic (exact) mass is 311 g/mol. The quantitative estimate of drug-likeness (QED) is 0.878. The van der Waals surface area contributed by atoms with Crippen molar-refractivity contribution in [1.82, 2.24) is 10.3 Å². The lowest BCUT2D eigenvalue weighted by Gasteiger charge is -2.38. The molecule has 2 saturated heterocycles. The molecule has 2 aliphatic heterocycles. The van der Waals surface area contributed by atoms with Gasteiger partial charge in [-0.1, -0.05) is 0 Å². The number of aromatic nitrogens is 1. The summed E-state index contributed by atoms with van der Waals surface area (Å²) in [6, 6.07) is 0.150. The van der Waals surface area contributed by atoms with Gasteiger partial charge in [0.15, 0.2) is 5.13 Å². The van der Waals surface area contributed by atoms with Crippen molar-refractivity contribution < 1.29 is 14.3 Å². The summed E-state index contributed by atoms with van der Waals surface area (Å²) in [4.78, 5) is 16.3. The number of carbonyl (C=O) groups excluding carboxylic acids is 1. The van der Waals surface area contributed by atoms with Crippen molar-refractivity contribution in [2.24, 2.45) is 11.8 Å². The SMILES string of the molecule is Nc1nc(C(=O)N[C@@H]2CCOC[C@@H]2C2CCOCC2)cs1. The molecule has 7 heteroatoms. The Hall–Kier alpha value is -1.18. The summed E-state index contributed by atoms with van der Waals surface area (Å²) in [5.74, 6) is 0.791. The Labute approximate surface area is 128 Å². The Morgan fingerprint density at radius 1 is 1.29 bits per heavy atom. The molecule has 2 fully saturated rings. The molecule has 3 rings (SSSR count). The minimum Gasteiger partial charge on any atom is -0.381 e. The molecule has 1 aromatic heterocycles. The number of hydrogen-bond donors (Lipinski definition) is 2. The fourth-order valence-corrected chi connectivity index (χ4v) is 3.73. The second-order valence-electron chi connectivity index (χ2n) is 5.63. The van der Waals surface area contributed by atoms with Crippen LogP contribution in [0, 0.1) is 11.8 Å². The molecule has 0 unspecified atom stereocenters. The zero-order valence-corrected chi connectivity index (χ0v) is 12.7. The maximum atomic E-state index is 12.3. The maximum Gasteiger partial charge on any atom is 0.271 e. The molecule has 0 saturated carbocycles. The van der Waals surface area contributed by atoms with Crippen LogP contribution in [0.3, 0.4) is 0 Å². The van der Waals surface area contributed by atoms with Gasteiger partial charge in [-0.3, -0.25) is 4.79 Å². The highest BCUT2D eigenvalue weighted by molar-refractivity contribution is 7.13. The minimum absolute atomic E-state index is 0.132. The molecule has 1 amide bonds. The highest BCUT2D eigenvalue weighted by Gasteiger charge is 2.34. The number of nitrogens with zero attached hydrogens (tertiary/aromatic N) is 1. The van der Waals surface area contributed by atoms with E-state index >= 15 is 0 Å². The van der Waals surface area contributed by atoms with E-state index in [9.17, 15) is 4.79 Å². The topological polar surface area (TPSA) is 86.5 Å². The molecule has 6 nitrogen and oxygen atoms in total. The molecular formula is C14H21N3O3S. The van der Waals surface area contributed by atoms with Gasteiger partial charge in [-0.2, -0.15) is 0 Å². The van der Waals surface area contributed by atoms with E-state index in [4.69, 9.17) is 15.2 Å². The zero-order chi connectivity index (χ0) is 14.7. The lowest BCUT2D eigenvalue weighted by atomic mass is 9.79. The lowest BCUT2D eigenvalue weighted by molar-refractivity contribution is -0.0259. The van der Waals surface area contributed by atoms with Crippen molar-refractivity contribution >= 4 is 22.4 Å². The Morgan fingerprint density at radius 3 is 2.76 bits per heavy atom. The summed E-state index contributed by atoms with van der Waals surface area (Å²) in [7, 11) is 0. The molecule has 0 aromatic carbocycles. The van der Waals surface area contributed by atoms with Gasteiger partial charge < -0.3 is 20.5 Å². The molecule has 3 heterocycles. The number of nitrogen functional groups attached to an aromatic ring is 1. The Bertz CT molecular complexity index is 488. The van der Waals surface area contributed by atoms with E-state index in [0.717, 1.165) is 39.1 Å². The van der Waals surface area contributed by atoms with Gasteiger partial charge in [0.05, 0.1) is 6.61 Å². The number of rotatable bonds is 3. The van der Waals surface area contributed by atoms with Gasteiger partial charge >= 0.3 is 0 Å². The number of amides is 1. The second-order valence-corrected chi connectivity index (χ2v) is 6.52. The third kappa shape index (κ3) is 3.53. The van der Waals surface area contributed by atoms with Gasteiger partial charge in [0.25, 0.3) is 5.91 Å². The van der Waals surface area contributed by atoms with Gasteiger partial charge in [-0.25, -0.2) is 4.98 Å². The predicted molar refractivity (Wildman–Crippen MR) is 80.2 cm³/mol. The van der Waals surface area contributed by atoms with Crippen LogP contribution in [-0.4, -0.2) is 43.4 Å². The smallest absolute Gasteiger partial charge is 0.271 e. The molecule has 2 aliphatic rings. The van der Waals surface area contributed by atoms with Crippen LogP contribution in [0.5, 0.6) is 0 Å². The molecule has 3 N–H and O–H groups in total. The summed E-state index contributed by atoms with van der Waals surface area (Å²) < 4.78 is 11.1. The van der Waals surface area contributed by atoms with E-state index in [1.54, 1.807) is 5.38 Å². The average molecular weight is 311 g/mol. The van der Waals surface area contributed by atoms with Crippen molar-refractivity contribution in [3.8, 4) is 0 Å². The summed E-state index contributed by atoms with van der Waals surface area (Å²) in [6.07, 6.45) is 2.95. The van der Waals surface area contributed by atoms with Gasteiger partial charge in [0.1, 0.15) is 5.69 Å². The Kier molecular flexibility index (Phi) is 4.72. The number of anilines is 1. The van der Waals surface area contributed by atoms with E-state index in [1.807, 2.05) is 0 Å². The number of carbonyl (C=O) groups is 1. The minimum atomic E-state index is -0.132. The molecule has 0 aliphatic carbocycles. The van der Waals surface area contributed by atoms with Crippen molar-refractivity contribution in [2.75, 3.05) is 32.2 Å². The standard InChI is InChI=1S/C14H21N3O3S/c15-14-17-12(8-21-14)13(18)16-11-3-6-20-7-10(11)9-1-4-19-5-2-9/h8-11H,1-7H2,(H2,15,17)(H,16,18)/t10-,11-/m1/s1. The van der Waals surface area contributed by atoms with Gasteiger partial charge in [-0.05, 0) is 25.2 Å². The summed E-state index contributed by atoms with van der Waals surface area (Å²) in [5.41, 5.74) is 6.00. The summed E-state index contributed by atoms with van der Waals surface area (Å²) in [5, 5.41) is 5.25. The van der Waals surface area contributed by atoms with Gasteiger partial charge in [0, 0.05) is 37.2 Å². The lowest BCUT2D eigenvalue weighted by Crippen LogP contribution is -2.49. The molecule has 21 heavy (non-hydrogen) atoms. The van der Waals surface area contributed by atoms with Crippen LogP contribution in [0.1, 0.15) is 29.8 Å². The van der Waals surface area contributed by atoms with Gasteiger partial charge in [0.2, 0.25) is 0 Å². The number of ether oxygens (including phenoxy) is 2. The molecule has 1 aromatic rings. The zero-order valence-electron chi connectivity index (χ0n) is 11.9. The molecule has 116 valence electrons. The second kappa shape index (κ2) is 6.72. The third-order valence-electron chi connectivity index (χ3n) is 4.34. The van der Waals surface area contributed by atoms with Crippen LogP contribution in [0.15, 0.2) is 5.38 Å². The highest BCUT2D eigenvalue weighted by atomic mass is 32.1. The summed E-state index contributed by atoms with van der Waals surface area (Å²) in [6.45, 7) is 3.04. The van der Waals surface area contributed by atoms with Crippen LogP contribution in [0.25, 0.3) is 0 Å². The van der Waals surface area contributed by atoms with Crippen molar-refractivity contribution in [3.05, 3.63) is 11.1 Å². The molecular weight excluding hydrogens is 290 g/mol. The molecule has 0 radical (unpaired) electrons. The van der Waals surface area contributed by atoms with Crippen LogP contribution in [0.4, 0.5) is 5.13 Å². The van der Waals surface area contributed by atoms with Crippen molar-refractivity contribution in [1.29, 1.82) is 0 Å². The molecule has 0 bridgehead atoms. The fraction of sp³-hybridized carbons (Fsp3) is 0.714. The van der Waals surface area contributed by atoms with E-state index < -0.39 is 0 Å². The van der Waals surface area contributed by atoms with Gasteiger partial charge in [-0.15, -0.1) is 11.3 Å². The number of nitrogens with two attached hydrogens (primary N) is 1. The predicted octanol–water partition coefficient (Wildman–Crippen LogP) is 1.29. The van der Waals surface area contributed by atoms with Crippen molar-refractivity contribution in [3.63, 3.8) is 0 Å². The maximum absolute atomic E-state index is 12.3. The first-order chi connectivity index (χ1) is 10.2. The Balaban J connectivity index is 1.64. The highest BCUT2D eigenvalue weighted by Crippen LogP contribution is 2.30. The number of thiazole rings is 1. The molecule has 0 spiro atoms. The fourth-order valence-electron chi connectivity index (χ4n) is 3.18. The van der Waals surface area contributed by atoms with Crippen LogP contribution >= 0.6 is 11.3 Å². The van der Waals surface area contributed by atoms with Crippen LogP contribution in [-0.2, 0) is 9.47 Å². The van der Waals surface area contributed by atoms with E-state index in [0.29, 0.717) is 29.3 Å². The average Bonchev–Trinajstić information content (AvgIpc) is 2.95. The van der Waals surface area contributed by atoms with E-state index in [1.165, 1.54) is 11.3 Å². The Morgan fingerprint density at radius 2 is 2.05 bits per heavy atom. The van der Waals surface area contributed by atoms with Crippen molar-refractivity contribution in [2.45, 2.75) is 25.3 Å². The number of hydrogen-bond acceptors (Lipinski definition) is 6.